The standard InChI is InChI=1S/C25H22BrF4N3O2S/c1-24(2,3)36(34)33-19(13-20-18(27)10-11-22(26)31-20)15-6-4-5-7-16(15)23-17-9-8-14(25(28,29)30)12-21(17)35-32-23/h4-12,19,33H,13H2,1-3H3/t19?,36-/m0/s1. The van der Waals surface area contributed by atoms with Gasteiger partial charge in [-0.15, -0.1) is 4.72 Å². The van der Waals surface area contributed by atoms with Crippen molar-refractivity contribution >= 4 is 38.3 Å². The van der Waals surface area contributed by atoms with E-state index in [0.29, 0.717) is 26.8 Å². The number of aromatic nitrogens is 2. The second kappa shape index (κ2) is 10.1. The molecule has 0 fully saturated rings. The predicted octanol–water partition coefficient (Wildman–Crippen LogP) is 7.15. The van der Waals surface area contributed by atoms with Gasteiger partial charge in [0.25, 0.3) is 0 Å². The molecule has 36 heavy (non-hydrogen) atoms. The Morgan fingerprint density at radius 2 is 1.81 bits per heavy atom. The molecule has 0 spiro atoms. The van der Waals surface area contributed by atoms with E-state index < -0.39 is 39.7 Å². The maximum absolute atomic E-state index is 14.6. The number of nitrogens with one attached hydrogen (secondary N) is 1. The molecule has 0 aliphatic heterocycles. The number of rotatable bonds is 6. The SMILES string of the molecule is CC(C)(C)[S@+]([O-])NC(Cc1nc(Br)ccc1F)c1ccccc1-c1noc2cc(C(F)(F)F)ccc12. The molecule has 11 heteroatoms. The van der Waals surface area contributed by atoms with Gasteiger partial charge in [-0.25, -0.2) is 9.37 Å². The van der Waals surface area contributed by atoms with Crippen LogP contribution in [0, 0.1) is 5.82 Å². The van der Waals surface area contributed by atoms with Crippen molar-refractivity contribution in [2.24, 2.45) is 0 Å². The summed E-state index contributed by atoms with van der Waals surface area (Å²) in [6.45, 7) is 5.42. The molecule has 0 saturated carbocycles. The first kappa shape index (κ1) is 26.6. The van der Waals surface area contributed by atoms with Crippen LogP contribution in [-0.4, -0.2) is 19.4 Å². The van der Waals surface area contributed by atoms with Crippen molar-refractivity contribution in [3.8, 4) is 11.3 Å². The quantitative estimate of drug-likeness (QED) is 0.148. The maximum atomic E-state index is 14.6. The van der Waals surface area contributed by atoms with Crippen LogP contribution in [0.1, 0.15) is 43.6 Å². The normalized spacial score (nSPS) is 14.2. The zero-order valence-corrected chi connectivity index (χ0v) is 21.9. The van der Waals surface area contributed by atoms with E-state index in [1.165, 1.54) is 18.2 Å². The van der Waals surface area contributed by atoms with Gasteiger partial charge in [-0.1, -0.05) is 29.4 Å². The van der Waals surface area contributed by atoms with Crippen molar-refractivity contribution in [1.29, 1.82) is 0 Å². The van der Waals surface area contributed by atoms with Gasteiger partial charge in [0.2, 0.25) is 0 Å². The molecule has 1 N–H and O–H groups in total. The lowest BCUT2D eigenvalue weighted by Gasteiger charge is -2.29. The fourth-order valence-electron chi connectivity index (χ4n) is 3.64. The minimum atomic E-state index is -4.52. The van der Waals surface area contributed by atoms with Crippen molar-refractivity contribution in [2.45, 2.75) is 44.2 Å². The molecule has 0 aliphatic carbocycles. The Labute approximate surface area is 216 Å². The van der Waals surface area contributed by atoms with Crippen molar-refractivity contribution in [3.05, 3.63) is 81.8 Å². The fraction of sp³-hybridized carbons (Fsp3) is 0.280. The molecule has 2 aromatic carbocycles. The van der Waals surface area contributed by atoms with Gasteiger partial charge >= 0.3 is 6.18 Å². The van der Waals surface area contributed by atoms with Gasteiger partial charge in [0.05, 0.1) is 17.3 Å². The summed E-state index contributed by atoms with van der Waals surface area (Å²) in [5.74, 6) is -0.518. The Morgan fingerprint density at radius 1 is 1.08 bits per heavy atom. The average molecular weight is 584 g/mol. The smallest absolute Gasteiger partial charge is 0.416 e. The van der Waals surface area contributed by atoms with Gasteiger partial charge in [-0.2, -0.15) is 13.2 Å². The topological polar surface area (TPSA) is 74.0 Å². The fourth-order valence-corrected chi connectivity index (χ4v) is 4.81. The Hall–Kier alpha value is -2.47. The lowest BCUT2D eigenvalue weighted by atomic mass is 9.94. The molecule has 1 unspecified atom stereocenters. The van der Waals surface area contributed by atoms with Crippen LogP contribution in [0.4, 0.5) is 17.6 Å². The lowest BCUT2D eigenvalue weighted by Crippen LogP contribution is -2.42. The number of pyridine rings is 1. The molecule has 0 radical (unpaired) electrons. The summed E-state index contributed by atoms with van der Waals surface area (Å²) in [5.41, 5.74) is 0.786. The molecule has 0 aliphatic rings. The third-order valence-electron chi connectivity index (χ3n) is 5.48. The Balaban J connectivity index is 1.82. The lowest BCUT2D eigenvalue weighted by molar-refractivity contribution is -0.137. The second-order valence-corrected chi connectivity index (χ2v) is 12.0. The van der Waals surface area contributed by atoms with Gasteiger partial charge in [-0.3, -0.25) is 0 Å². The van der Waals surface area contributed by atoms with E-state index in [1.54, 1.807) is 45.0 Å². The molecule has 0 bridgehead atoms. The van der Waals surface area contributed by atoms with Gasteiger partial charge < -0.3 is 9.08 Å². The van der Waals surface area contributed by atoms with Gasteiger partial charge in [0.15, 0.2) is 5.58 Å². The summed E-state index contributed by atoms with van der Waals surface area (Å²) in [6, 6.07) is 12.3. The summed E-state index contributed by atoms with van der Waals surface area (Å²) in [7, 11) is 0. The molecule has 5 nitrogen and oxygen atoms in total. The summed E-state index contributed by atoms with van der Waals surface area (Å²) in [5, 5.41) is 4.44. The van der Waals surface area contributed by atoms with Crippen LogP contribution in [-0.2, 0) is 24.0 Å². The second-order valence-electron chi connectivity index (χ2n) is 9.15. The van der Waals surface area contributed by atoms with E-state index in [4.69, 9.17) is 4.52 Å². The highest BCUT2D eigenvalue weighted by molar-refractivity contribution is 9.10. The number of benzene rings is 2. The molecule has 0 amide bonds. The first-order valence-corrected chi connectivity index (χ1v) is 12.8. The van der Waals surface area contributed by atoms with Crippen LogP contribution in [0.5, 0.6) is 0 Å². The zero-order chi connectivity index (χ0) is 26.3. The van der Waals surface area contributed by atoms with Crippen LogP contribution in [0.2, 0.25) is 0 Å². The van der Waals surface area contributed by atoms with E-state index in [0.717, 1.165) is 12.1 Å². The van der Waals surface area contributed by atoms with Crippen molar-refractivity contribution in [2.75, 3.05) is 0 Å². The van der Waals surface area contributed by atoms with Crippen molar-refractivity contribution in [3.63, 3.8) is 0 Å². The number of halogens is 5. The molecule has 0 saturated heterocycles. The largest absolute Gasteiger partial charge is 0.598 e. The third-order valence-corrected chi connectivity index (χ3v) is 7.53. The molecule has 2 aromatic heterocycles. The molecule has 2 heterocycles. The number of hydrogen-bond donors (Lipinski definition) is 1. The van der Waals surface area contributed by atoms with Crippen molar-refractivity contribution in [1.82, 2.24) is 14.9 Å². The summed E-state index contributed by atoms with van der Waals surface area (Å²) in [4.78, 5) is 4.24. The van der Waals surface area contributed by atoms with Gasteiger partial charge in [0.1, 0.15) is 20.9 Å². The minimum absolute atomic E-state index is 0.0166. The van der Waals surface area contributed by atoms with Crippen LogP contribution in [0.15, 0.2) is 63.7 Å². The third kappa shape index (κ3) is 5.74. The highest BCUT2D eigenvalue weighted by atomic mass is 79.9. The first-order valence-electron chi connectivity index (χ1n) is 10.9. The highest BCUT2D eigenvalue weighted by Gasteiger charge is 2.33. The molecule has 4 aromatic rings. The zero-order valence-electron chi connectivity index (χ0n) is 19.5. The monoisotopic (exact) mass is 583 g/mol. The predicted molar refractivity (Wildman–Crippen MR) is 134 cm³/mol. The number of alkyl halides is 3. The van der Waals surface area contributed by atoms with Crippen LogP contribution in [0.25, 0.3) is 22.2 Å². The molecular formula is C25H22BrF4N3O2S. The van der Waals surface area contributed by atoms with Crippen molar-refractivity contribution < 1.29 is 26.6 Å². The van der Waals surface area contributed by atoms with E-state index in [2.05, 4.69) is 30.8 Å². The highest BCUT2D eigenvalue weighted by Crippen LogP contribution is 2.38. The molecule has 2 atom stereocenters. The van der Waals surface area contributed by atoms with E-state index >= 15 is 0 Å². The summed E-state index contributed by atoms with van der Waals surface area (Å²) >= 11 is 1.73. The van der Waals surface area contributed by atoms with Gasteiger partial charge in [0, 0.05) is 28.7 Å². The van der Waals surface area contributed by atoms with Gasteiger partial charge in [-0.05, 0) is 72.6 Å². The molecular weight excluding hydrogens is 562 g/mol. The minimum Gasteiger partial charge on any atom is -0.598 e. The Bertz CT molecular complexity index is 1390. The first-order chi connectivity index (χ1) is 16.8. The Kier molecular flexibility index (Phi) is 7.47. The maximum Gasteiger partial charge on any atom is 0.416 e. The summed E-state index contributed by atoms with van der Waals surface area (Å²) < 4.78 is 75.4. The number of nitrogens with zero attached hydrogens (tertiary/aromatic N) is 2. The van der Waals surface area contributed by atoms with E-state index in [9.17, 15) is 22.1 Å². The number of fused-ring (bicyclic) bond motifs is 1. The average Bonchev–Trinajstić information content (AvgIpc) is 3.23. The summed E-state index contributed by atoms with van der Waals surface area (Å²) in [6.07, 6.45) is -4.47. The van der Waals surface area contributed by atoms with Crippen LogP contribution < -0.4 is 4.72 Å². The molecule has 190 valence electrons. The van der Waals surface area contributed by atoms with E-state index in [-0.39, 0.29) is 17.7 Å². The van der Waals surface area contributed by atoms with E-state index in [1.807, 2.05) is 0 Å². The van der Waals surface area contributed by atoms with Crippen LogP contribution >= 0.6 is 15.9 Å². The Morgan fingerprint density at radius 3 is 2.50 bits per heavy atom. The number of hydrogen-bond acceptors (Lipinski definition) is 5. The molecule has 4 rings (SSSR count). The van der Waals surface area contributed by atoms with Crippen LogP contribution in [0.3, 0.4) is 0 Å².